The van der Waals surface area contributed by atoms with Crippen molar-refractivity contribution in [2.45, 2.75) is 29.5 Å². The number of benzene rings is 2. The Morgan fingerprint density at radius 1 is 1.10 bits per heavy atom. The Labute approximate surface area is 172 Å². The lowest BCUT2D eigenvalue weighted by molar-refractivity contribution is -0.162. The maximum atomic E-state index is 14.4. The number of hydrogen-bond donors (Lipinski definition) is 0. The number of hydrogen-bond acceptors (Lipinski definition) is 3. The summed E-state index contributed by atoms with van der Waals surface area (Å²) in [6.45, 7) is 2.18. The van der Waals surface area contributed by atoms with Crippen molar-refractivity contribution in [3.05, 3.63) is 64.7 Å². The summed E-state index contributed by atoms with van der Waals surface area (Å²) in [7, 11) is 0. The minimum atomic E-state index is -2.92. The van der Waals surface area contributed by atoms with Gasteiger partial charge in [0.1, 0.15) is 15.5 Å². The van der Waals surface area contributed by atoms with Crippen LogP contribution >= 0.6 is 23.2 Å². The molecule has 1 aliphatic carbocycles. The topological polar surface area (TPSA) is 35.5 Å². The van der Waals surface area contributed by atoms with Gasteiger partial charge >= 0.3 is 5.97 Å². The lowest BCUT2D eigenvalue weighted by Crippen LogP contribution is -2.29. The predicted molar refractivity (Wildman–Crippen MR) is 94.6 cm³/mol. The predicted octanol–water partition coefficient (Wildman–Crippen LogP) is 5.67. The van der Waals surface area contributed by atoms with Gasteiger partial charge in [-0.05, 0) is 30.7 Å². The van der Waals surface area contributed by atoms with E-state index >= 15 is 0 Å². The fourth-order valence-electron chi connectivity index (χ4n) is 2.96. The summed E-state index contributed by atoms with van der Waals surface area (Å²) in [5.74, 6) is -8.97. The first-order valence-electron chi connectivity index (χ1n) is 8.34. The number of ether oxygens (including phenoxy) is 2. The van der Waals surface area contributed by atoms with Crippen LogP contribution in [0.4, 0.5) is 22.0 Å². The zero-order valence-corrected chi connectivity index (χ0v) is 16.3. The van der Waals surface area contributed by atoms with Gasteiger partial charge < -0.3 is 9.47 Å². The highest BCUT2D eigenvalue weighted by molar-refractivity contribution is 6.54. The van der Waals surface area contributed by atoms with Crippen molar-refractivity contribution in [1.29, 1.82) is 0 Å². The average Bonchev–Trinajstić information content (AvgIpc) is 3.27. The van der Waals surface area contributed by atoms with E-state index in [9.17, 15) is 26.7 Å². The van der Waals surface area contributed by atoms with Crippen molar-refractivity contribution in [3.63, 3.8) is 0 Å². The van der Waals surface area contributed by atoms with E-state index in [4.69, 9.17) is 27.9 Å². The van der Waals surface area contributed by atoms with Crippen molar-refractivity contribution in [3.8, 4) is 5.75 Å². The summed E-state index contributed by atoms with van der Waals surface area (Å²) < 4.78 is 76.0. The van der Waals surface area contributed by atoms with Crippen LogP contribution in [0.2, 0.25) is 0 Å². The van der Waals surface area contributed by atoms with Crippen LogP contribution < -0.4 is 4.74 Å². The summed E-state index contributed by atoms with van der Waals surface area (Å²) in [5.41, 5.74) is -2.72. The molecule has 0 saturated heterocycles. The molecule has 2 aromatic carbocycles. The zero-order chi connectivity index (χ0) is 21.6. The molecule has 0 spiro atoms. The van der Waals surface area contributed by atoms with Gasteiger partial charge in [-0.25, -0.2) is 17.6 Å². The van der Waals surface area contributed by atoms with E-state index in [1.54, 1.807) is 6.92 Å². The molecule has 2 aromatic rings. The first-order chi connectivity index (χ1) is 13.5. The number of carbonyl (C=O) groups is 1. The summed E-state index contributed by atoms with van der Waals surface area (Å²) in [4.78, 5) is 12.6. The summed E-state index contributed by atoms with van der Waals surface area (Å²) in [5, 5.41) is 0. The normalized spacial score (nSPS) is 20.8. The van der Waals surface area contributed by atoms with Crippen molar-refractivity contribution in [2.75, 3.05) is 6.61 Å². The second kappa shape index (κ2) is 7.65. The van der Waals surface area contributed by atoms with Crippen molar-refractivity contribution < 1.29 is 36.2 Å². The molecule has 1 fully saturated rings. The van der Waals surface area contributed by atoms with Gasteiger partial charge in [0.05, 0.1) is 12.2 Å². The largest absolute Gasteiger partial charge is 0.494 e. The molecule has 0 aromatic heterocycles. The average molecular weight is 455 g/mol. The number of halogens is 7. The van der Waals surface area contributed by atoms with Crippen molar-refractivity contribution >= 4 is 29.2 Å². The van der Waals surface area contributed by atoms with Crippen LogP contribution in [-0.2, 0) is 14.9 Å². The highest BCUT2D eigenvalue weighted by Gasteiger charge is 2.73. The Morgan fingerprint density at radius 3 is 2.21 bits per heavy atom. The highest BCUT2D eigenvalue weighted by atomic mass is 35.5. The number of alkyl halides is 3. The molecule has 156 valence electrons. The Bertz CT molecular complexity index is 952. The van der Waals surface area contributed by atoms with Gasteiger partial charge in [-0.15, -0.1) is 0 Å². The zero-order valence-electron chi connectivity index (χ0n) is 14.7. The van der Waals surface area contributed by atoms with Gasteiger partial charge in [0.25, 0.3) is 6.36 Å². The monoisotopic (exact) mass is 454 g/mol. The molecule has 10 heteroatoms. The third-order valence-corrected chi connectivity index (χ3v) is 5.49. The van der Waals surface area contributed by atoms with E-state index in [-0.39, 0.29) is 18.1 Å². The van der Waals surface area contributed by atoms with E-state index in [2.05, 4.69) is 4.74 Å². The summed E-state index contributed by atoms with van der Waals surface area (Å²) >= 11 is 12.2. The lowest BCUT2D eigenvalue weighted by Gasteiger charge is -2.20. The highest BCUT2D eigenvalue weighted by Crippen LogP contribution is 2.65. The van der Waals surface area contributed by atoms with Crippen molar-refractivity contribution in [1.82, 2.24) is 0 Å². The third kappa shape index (κ3) is 3.64. The fraction of sp³-hybridized carbons (Fsp3) is 0.316. The van der Waals surface area contributed by atoms with Gasteiger partial charge in [0, 0.05) is 6.42 Å². The molecule has 1 aliphatic rings. The molecule has 3 nitrogen and oxygen atoms in total. The second-order valence-corrected chi connectivity index (χ2v) is 7.84. The lowest BCUT2D eigenvalue weighted by atomic mass is 9.96. The standard InChI is InChI=1S/C19H13Cl2F5O3/c1-2-28-10-5-3-9(4-6-10)18(8-19(18,20)21)17(27)29-16(26)11-7-12(22)14(24)15(25)13(11)23/h3-7,16H,2,8H2,1H3. The Balaban J connectivity index is 1.88. The summed E-state index contributed by atoms with van der Waals surface area (Å²) in [6, 6.07) is 6.09. The molecule has 1 saturated carbocycles. The van der Waals surface area contributed by atoms with E-state index < -0.39 is 50.9 Å². The van der Waals surface area contributed by atoms with Gasteiger partial charge in [-0.1, -0.05) is 35.3 Å². The molecule has 0 N–H and O–H groups in total. The molecule has 2 unspecified atom stereocenters. The number of carbonyl (C=O) groups excluding carboxylic acids is 1. The fourth-order valence-corrected chi connectivity index (χ4v) is 3.73. The maximum Gasteiger partial charge on any atom is 0.322 e. The number of esters is 1. The first kappa shape index (κ1) is 21.6. The SMILES string of the molecule is CCOc1ccc(C2(C(=O)OC(F)c3cc(F)c(F)c(F)c3F)CC2(Cl)Cl)cc1. The second-order valence-electron chi connectivity index (χ2n) is 6.35. The minimum absolute atomic E-state index is 0.0663. The van der Waals surface area contributed by atoms with E-state index in [1.165, 1.54) is 24.3 Å². The smallest absolute Gasteiger partial charge is 0.322 e. The Hall–Kier alpha value is -2.06. The van der Waals surface area contributed by atoms with Gasteiger partial charge in [-0.3, -0.25) is 4.79 Å². The Kier molecular flexibility index (Phi) is 5.71. The van der Waals surface area contributed by atoms with Crippen molar-refractivity contribution in [2.24, 2.45) is 0 Å². The molecule has 0 radical (unpaired) electrons. The van der Waals surface area contributed by atoms with Gasteiger partial charge in [0.15, 0.2) is 23.3 Å². The van der Waals surface area contributed by atoms with E-state index in [0.717, 1.165) is 0 Å². The quantitative estimate of drug-likeness (QED) is 0.185. The first-order valence-corrected chi connectivity index (χ1v) is 9.10. The van der Waals surface area contributed by atoms with Gasteiger partial charge in [0.2, 0.25) is 0 Å². The number of rotatable bonds is 6. The summed E-state index contributed by atoms with van der Waals surface area (Å²) in [6.07, 6.45) is -3.06. The molecular formula is C19H13Cl2F5O3. The maximum absolute atomic E-state index is 14.4. The van der Waals surface area contributed by atoms with Crippen LogP contribution in [0.3, 0.4) is 0 Å². The molecule has 3 rings (SSSR count). The van der Waals surface area contributed by atoms with Gasteiger partial charge in [-0.2, -0.15) is 4.39 Å². The molecule has 0 heterocycles. The molecule has 0 bridgehead atoms. The van der Waals surface area contributed by atoms with E-state index in [1.807, 2.05) is 0 Å². The minimum Gasteiger partial charge on any atom is -0.494 e. The molecule has 0 aliphatic heterocycles. The van der Waals surface area contributed by atoms with Crippen LogP contribution in [0.1, 0.15) is 30.8 Å². The van der Waals surface area contributed by atoms with Crippen LogP contribution in [0.25, 0.3) is 0 Å². The molecule has 29 heavy (non-hydrogen) atoms. The van der Waals surface area contributed by atoms with Crippen LogP contribution in [0.5, 0.6) is 5.75 Å². The van der Waals surface area contributed by atoms with Crippen LogP contribution in [0, 0.1) is 23.3 Å². The molecular weight excluding hydrogens is 442 g/mol. The third-order valence-electron chi connectivity index (χ3n) is 4.58. The Morgan fingerprint density at radius 2 is 1.69 bits per heavy atom. The van der Waals surface area contributed by atoms with E-state index in [0.29, 0.717) is 12.4 Å². The molecule has 0 amide bonds. The van der Waals surface area contributed by atoms with Crippen LogP contribution in [0.15, 0.2) is 30.3 Å². The molecule has 2 atom stereocenters. The van der Waals surface area contributed by atoms with Crippen LogP contribution in [-0.4, -0.2) is 16.9 Å².